The maximum Gasteiger partial charge on any atom is 0.0625 e. The molecule has 0 aromatic heterocycles. The van der Waals surface area contributed by atoms with Crippen LogP contribution in [0.25, 0.3) is 0 Å². The molecule has 100 valence electrons. The van der Waals surface area contributed by atoms with E-state index in [-0.39, 0.29) is 0 Å². The summed E-state index contributed by atoms with van der Waals surface area (Å²) in [6, 6.07) is 11.1. The lowest BCUT2D eigenvalue weighted by Gasteiger charge is -2.19. The van der Waals surface area contributed by atoms with E-state index in [1.165, 1.54) is 48.8 Å². The molecule has 0 N–H and O–H groups in total. The minimum atomic E-state index is 0.657. The highest BCUT2D eigenvalue weighted by Crippen LogP contribution is 2.29. The summed E-state index contributed by atoms with van der Waals surface area (Å²) in [5.41, 5.74) is 5.87. The van der Waals surface area contributed by atoms with E-state index in [1.807, 2.05) is 0 Å². The summed E-state index contributed by atoms with van der Waals surface area (Å²) in [6.45, 7) is 2.12. The van der Waals surface area contributed by atoms with Gasteiger partial charge in [-0.15, -0.1) is 0 Å². The van der Waals surface area contributed by atoms with Gasteiger partial charge < -0.3 is 0 Å². The molecule has 0 atom stereocenters. The highest BCUT2D eigenvalue weighted by molar-refractivity contribution is 5.28. The number of rotatable bonds is 4. The Hall–Kier alpha value is -1.55. The van der Waals surface area contributed by atoms with E-state index in [0.717, 1.165) is 12.8 Å². The van der Waals surface area contributed by atoms with Gasteiger partial charge in [-0.25, -0.2) is 0 Å². The number of hydrogen-bond donors (Lipinski definition) is 0. The minimum absolute atomic E-state index is 0.657. The highest BCUT2D eigenvalue weighted by atomic mass is 14.2. The number of aryl methyl sites for hydroxylation is 1. The van der Waals surface area contributed by atoms with Crippen LogP contribution in [0.4, 0.5) is 0 Å². The van der Waals surface area contributed by atoms with Crippen molar-refractivity contribution in [3.63, 3.8) is 0 Å². The van der Waals surface area contributed by atoms with Crippen LogP contribution >= 0.6 is 0 Å². The third kappa shape index (κ3) is 4.24. The largest absolute Gasteiger partial charge is 0.198 e. The maximum absolute atomic E-state index is 8.84. The molecule has 1 aliphatic carbocycles. The second-order valence-electron chi connectivity index (χ2n) is 5.59. The number of allylic oxidation sites excluding steroid dienone is 2. The molecule has 1 heteroatoms. The van der Waals surface area contributed by atoms with E-state index in [0.29, 0.717) is 6.42 Å². The Morgan fingerprint density at radius 3 is 2.42 bits per heavy atom. The molecule has 0 spiro atoms. The van der Waals surface area contributed by atoms with Crippen molar-refractivity contribution in [2.75, 3.05) is 0 Å². The van der Waals surface area contributed by atoms with Crippen LogP contribution in [0, 0.1) is 18.3 Å². The standard InChI is InChI=1S/C18H23N/c1-15-9-11-16(12-10-15)14-18(8-5-13-19)17-6-3-2-4-7-17/h9-12H,2-8,14H2,1H3. The zero-order chi connectivity index (χ0) is 13.5. The highest BCUT2D eigenvalue weighted by Gasteiger charge is 2.11. The van der Waals surface area contributed by atoms with Crippen molar-refractivity contribution in [2.24, 2.45) is 0 Å². The number of hydrogen-bond acceptors (Lipinski definition) is 1. The van der Waals surface area contributed by atoms with Crippen molar-refractivity contribution in [1.82, 2.24) is 0 Å². The fraction of sp³-hybridized carbons (Fsp3) is 0.500. The quantitative estimate of drug-likeness (QED) is 0.685. The van der Waals surface area contributed by atoms with Crippen molar-refractivity contribution < 1.29 is 0 Å². The third-order valence-corrected chi connectivity index (χ3v) is 4.03. The first-order valence-electron chi connectivity index (χ1n) is 7.42. The SMILES string of the molecule is Cc1ccc(CC(CCC#N)=C2CCCCC2)cc1. The molecule has 1 saturated carbocycles. The molecule has 0 saturated heterocycles. The average molecular weight is 253 g/mol. The summed E-state index contributed by atoms with van der Waals surface area (Å²) >= 11 is 0. The van der Waals surface area contributed by atoms with Crippen LogP contribution in [0.15, 0.2) is 35.4 Å². The van der Waals surface area contributed by atoms with Gasteiger partial charge in [0.2, 0.25) is 0 Å². The topological polar surface area (TPSA) is 23.8 Å². The Bertz CT molecular complexity index is 465. The Kier molecular flexibility index (Phi) is 5.21. The molecule has 0 unspecified atom stereocenters. The molecular weight excluding hydrogens is 230 g/mol. The molecular formula is C18H23N. The molecule has 1 nitrogen and oxygen atoms in total. The monoisotopic (exact) mass is 253 g/mol. The third-order valence-electron chi connectivity index (χ3n) is 4.03. The van der Waals surface area contributed by atoms with E-state index < -0.39 is 0 Å². The molecule has 0 heterocycles. The van der Waals surface area contributed by atoms with Crippen LogP contribution in [0.1, 0.15) is 56.1 Å². The van der Waals surface area contributed by atoms with E-state index >= 15 is 0 Å². The van der Waals surface area contributed by atoms with Gasteiger partial charge in [-0.3, -0.25) is 0 Å². The summed E-state index contributed by atoms with van der Waals surface area (Å²) in [5.74, 6) is 0. The van der Waals surface area contributed by atoms with Gasteiger partial charge in [-0.2, -0.15) is 5.26 Å². The zero-order valence-electron chi connectivity index (χ0n) is 11.9. The first-order chi connectivity index (χ1) is 9.29. The van der Waals surface area contributed by atoms with Crippen molar-refractivity contribution in [3.8, 4) is 6.07 Å². The Balaban J connectivity index is 2.13. The Labute approximate surface area is 117 Å². The average Bonchev–Trinajstić information content (AvgIpc) is 2.46. The molecule has 0 bridgehead atoms. The van der Waals surface area contributed by atoms with Gasteiger partial charge in [0.05, 0.1) is 6.07 Å². The maximum atomic E-state index is 8.84. The molecule has 0 radical (unpaired) electrons. The molecule has 2 rings (SSSR count). The van der Waals surface area contributed by atoms with Crippen LogP contribution in [0.5, 0.6) is 0 Å². The summed E-state index contributed by atoms with van der Waals surface area (Å²) in [7, 11) is 0. The first kappa shape index (κ1) is 13.9. The molecule has 1 fully saturated rings. The van der Waals surface area contributed by atoms with Crippen LogP contribution < -0.4 is 0 Å². The number of nitrogens with zero attached hydrogens (tertiary/aromatic N) is 1. The number of nitriles is 1. The second-order valence-corrected chi connectivity index (χ2v) is 5.59. The van der Waals surface area contributed by atoms with Crippen LogP contribution in [0.3, 0.4) is 0 Å². The van der Waals surface area contributed by atoms with Crippen LogP contribution in [0.2, 0.25) is 0 Å². The molecule has 1 aliphatic rings. The summed E-state index contributed by atoms with van der Waals surface area (Å²) in [4.78, 5) is 0. The van der Waals surface area contributed by atoms with Gasteiger partial charge in [0, 0.05) is 6.42 Å². The molecule has 0 amide bonds. The van der Waals surface area contributed by atoms with Gasteiger partial charge in [0.15, 0.2) is 0 Å². The normalized spacial score (nSPS) is 15.1. The summed E-state index contributed by atoms with van der Waals surface area (Å²) in [5, 5.41) is 8.84. The van der Waals surface area contributed by atoms with E-state index in [1.54, 1.807) is 5.57 Å². The van der Waals surface area contributed by atoms with Gasteiger partial charge >= 0.3 is 0 Å². The van der Waals surface area contributed by atoms with Gasteiger partial charge in [-0.05, 0) is 51.0 Å². The van der Waals surface area contributed by atoms with Gasteiger partial charge in [0.1, 0.15) is 0 Å². The first-order valence-corrected chi connectivity index (χ1v) is 7.42. The molecule has 1 aromatic rings. The zero-order valence-corrected chi connectivity index (χ0v) is 11.9. The van der Waals surface area contributed by atoms with Crippen molar-refractivity contribution in [2.45, 2.75) is 58.3 Å². The molecule has 19 heavy (non-hydrogen) atoms. The molecule has 1 aromatic carbocycles. The predicted molar refractivity (Wildman–Crippen MR) is 79.8 cm³/mol. The van der Waals surface area contributed by atoms with E-state index in [4.69, 9.17) is 5.26 Å². The van der Waals surface area contributed by atoms with Crippen LogP contribution in [-0.4, -0.2) is 0 Å². The lowest BCUT2D eigenvalue weighted by atomic mass is 9.87. The Morgan fingerprint density at radius 1 is 1.11 bits per heavy atom. The van der Waals surface area contributed by atoms with Crippen molar-refractivity contribution in [3.05, 3.63) is 46.5 Å². The van der Waals surface area contributed by atoms with Crippen molar-refractivity contribution in [1.29, 1.82) is 5.26 Å². The minimum Gasteiger partial charge on any atom is -0.198 e. The smallest absolute Gasteiger partial charge is 0.0625 e. The van der Waals surface area contributed by atoms with Gasteiger partial charge in [-0.1, -0.05) is 47.4 Å². The summed E-state index contributed by atoms with van der Waals surface area (Å²) in [6.07, 6.45) is 9.21. The Morgan fingerprint density at radius 2 is 1.79 bits per heavy atom. The van der Waals surface area contributed by atoms with Crippen LogP contribution in [-0.2, 0) is 6.42 Å². The predicted octanol–water partition coefficient (Wildman–Crippen LogP) is 5.10. The van der Waals surface area contributed by atoms with E-state index in [9.17, 15) is 0 Å². The van der Waals surface area contributed by atoms with Gasteiger partial charge in [0.25, 0.3) is 0 Å². The lowest BCUT2D eigenvalue weighted by Crippen LogP contribution is -2.02. The fourth-order valence-corrected chi connectivity index (χ4v) is 2.88. The second kappa shape index (κ2) is 7.14. The molecule has 0 aliphatic heterocycles. The fourth-order valence-electron chi connectivity index (χ4n) is 2.88. The number of benzene rings is 1. The van der Waals surface area contributed by atoms with Crippen molar-refractivity contribution >= 4 is 0 Å². The lowest BCUT2D eigenvalue weighted by molar-refractivity contribution is 0.587. The van der Waals surface area contributed by atoms with E-state index in [2.05, 4.69) is 37.3 Å². The summed E-state index contributed by atoms with van der Waals surface area (Å²) < 4.78 is 0.